The predicted molar refractivity (Wildman–Crippen MR) is 239 cm³/mol. The molecule has 3 heterocycles. The second kappa shape index (κ2) is 16.3. The average molecular weight is 1010 g/mol. The summed E-state index contributed by atoms with van der Waals surface area (Å²) in [5.41, 5.74) is -10.7. The number of alkyl halides is 15. The van der Waals surface area contributed by atoms with Crippen LogP contribution in [0.25, 0.3) is 88.6 Å². The van der Waals surface area contributed by atoms with E-state index in [-0.39, 0.29) is 79.1 Å². The Bertz CT molecular complexity index is 3530. The number of nitrogens with zero attached hydrogens (tertiary/aromatic N) is 5. The summed E-state index contributed by atoms with van der Waals surface area (Å²) in [5.74, 6) is 0.177. The van der Waals surface area contributed by atoms with Crippen LogP contribution in [-0.4, -0.2) is 24.1 Å². The molecule has 5 nitrogen and oxygen atoms in total. The van der Waals surface area contributed by atoms with E-state index in [1.54, 1.807) is 24.3 Å². The predicted octanol–water partition coefficient (Wildman–Crippen LogP) is 16.8. The van der Waals surface area contributed by atoms with Crippen molar-refractivity contribution in [2.45, 2.75) is 44.7 Å². The number of aromatic nitrogens is 5. The van der Waals surface area contributed by atoms with Crippen molar-refractivity contribution in [3.05, 3.63) is 173 Å². The smallest absolute Gasteiger partial charge is 0.309 e. The van der Waals surface area contributed by atoms with E-state index in [4.69, 9.17) is 0 Å². The van der Waals surface area contributed by atoms with Crippen molar-refractivity contribution in [1.82, 2.24) is 24.1 Å². The molecule has 0 radical (unpaired) electrons. The van der Waals surface area contributed by atoms with Gasteiger partial charge < -0.3 is 9.13 Å². The summed E-state index contributed by atoms with van der Waals surface area (Å²) < 4.78 is 221. The molecule has 366 valence electrons. The molecule has 0 atom stereocenters. The fourth-order valence-electron chi connectivity index (χ4n) is 9.19. The lowest BCUT2D eigenvalue weighted by Crippen LogP contribution is -2.16. The summed E-state index contributed by atoms with van der Waals surface area (Å²) in [5, 5.41) is 1.13. The Balaban J connectivity index is 1.34. The maximum Gasteiger partial charge on any atom is 0.420 e. The minimum atomic E-state index is -5.34. The first-order chi connectivity index (χ1) is 33.6. The third-order valence-electron chi connectivity index (χ3n) is 12.2. The van der Waals surface area contributed by atoms with E-state index < -0.39 is 81.2 Å². The first kappa shape index (κ1) is 47.8. The number of aryl methyl sites for hydroxylation is 2. The minimum Gasteiger partial charge on any atom is -0.309 e. The Hall–Kier alpha value is -7.90. The van der Waals surface area contributed by atoms with E-state index in [9.17, 15) is 52.7 Å². The van der Waals surface area contributed by atoms with E-state index in [0.717, 1.165) is 21.3 Å². The zero-order chi connectivity index (χ0) is 51.6. The van der Waals surface area contributed by atoms with Gasteiger partial charge in [-0.2, -0.15) is 65.9 Å². The highest BCUT2D eigenvalue weighted by molar-refractivity contribution is 6.12. The highest BCUT2D eigenvalue weighted by atomic mass is 19.4. The highest BCUT2D eigenvalue weighted by Gasteiger charge is 2.41. The van der Waals surface area contributed by atoms with Gasteiger partial charge in [0.2, 0.25) is 0 Å². The Kier molecular flexibility index (Phi) is 10.8. The molecule has 0 fully saturated rings. The van der Waals surface area contributed by atoms with Gasteiger partial charge in [0.1, 0.15) is 17.2 Å². The average Bonchev–Trinajstić information content (AvgIpc) is 3.81. The van der Waals surface area contributed by atoms with Crippen molar-refractivity contribution < 1.29 is 65.9 Å². The molecule has 0 aliphatic carbocycles. The Morgan fingerprint density at radius 1 is 0.319 bits per heavy atom. The van der Waals surface area contributed by atoms with Crippen molar-refractivity contribution in [3.63, 3.8) is 0 Å². The van der Waals surface area contributed by atoms with Crippen LogP contribution < -0.4 is 0 Å². The molecule has 0 saturated carbocycles. The third-order valence-corrected chi connectivity index (χ3v) is 12.2. The molecule has 0 aliphatic heterocycles. The fraction of sp³-hybridized carbons (Fsp3) is 0.135. The van der Waals surface area contributed by atoms with E-state index in [2.05, 4.69) is 15.0 Å². The van der Waals surface area contributed by atoms with Crippen LogP contribution in [0.4, 0.5) is 65.9 Å². The Morgan fingerprint density at radius 2 is 0.667 bits per heavy atom. The lowest BCUT2D eigenvalue weighted by atomic mass is 9.98. The van der Waals surface area contributed by atoms with Gasteiger partial charge in [0, 0.05) is 27.1 Å². The SMILES string of the molecule is Cc1nc(C)nc(-c2cc(-n3c4ccccc4c4ccc(-c5cc(C(F)(F)F)cc(C(F)(F)F)c5)cc43)c(C(F)(F)F)c(-n3c4ccccc4c4ccc(-c5cc(C(F)(F)F)cc(C(F)(F)F)c5)cc43)c2)n1. The quantitative estimate of drug-likeness (QED) is 0.161. The minimum absolute atomic E-state index is 0.0523. The Morgan fingerprint density at radius 3 is 1.01 bits per heavy atom. The van der Waals surface area contributed by atoms with E-state index in [0.29, 0.717) is 35.0 Å². The third kappa shape index (κ3) is 8.40. The molecular formula is C52H28F15N5. The van der Waals surface area contributed by atoms with Gasteiger partial charge in [-0.3, -0.25) is 0 Å². The molecule has 0 aliphatic rings. The molecule has 0 spiro atoms. The van der Waals surface area contributed by atoms with Gasteiger partial charge in [-0.1, -0.05) is 60.7 Å². The number of benzene rings is 7. The van der Waals surface area contributed by atoms with Crippen LogP contribution in [0.2, 0.25) is 0 Å². The van der Waals surface area contributed by atoms with Crippen LogP contribution in [0.3, 0.4) is 0 Å². The zero-order valence-corrected chi connectivity index (χ0v) is 36.6. The van der Waals surface area contributed by atoms with Gasteiger partial charge in [-0.05, 0) is 109 Å². The van der Waals surface area contributed by atoms with Crippen LogP contribution in [0.15, 0.2) is 133 Å². The number of hydrogen-bond donors (Lipinski definition) is 0. The molecule has 10 aromatic rings. The highest BCUT2D eigenvalue weighted by Crippen LogP contribution is 2.48. The molecule has 10 rings (SSSR count). The second-order valence-corrected chi connectivity index (χ2v) is 16.9. The van der Waals surface area contributed by atoms with Gasteiger partial charge >= 0.3 is 30.9 Å². The number of halogens is 15. The van der Waals surface area contributed by atoms with E-state index >= 15 is 13.2 Å². The second-order valence-electron chi connectivity index (χ2n) is 16.9. The van der Waals surface area contributed by atoms with Crippen LogP contribution in [-0.2, 0) is 30.9 Å². The zero-order valence-electron chi connectivity index (χ0n) is 36.6. The molecule has 0 N–H and O–H groups in total. The number of rotatable bonds is 5. The summed E-state index contributed by atoms with van der Waals surface area (Å²) in [4.78, 5) is 13.0. The molecule has 0 bridgehead atoms. The van der Waals surface area contributed by atoms with Crippen LogP contribution >= 0.6 is 0 Å². The van der Waals surface area contributed by atoms with Crippen LogP contribution in [0.5, 0.6) is 0 Å². The van der Waals surface area contributed by atoms with Gasteiger partial charge in [0.05, 0.1) is 55.7 Å². The number of para-hydroxylation sites is 2. The van der Waals surface area contributed by atoms with E-state index in [1.165, 1.54) is 74.5 Å². The molecular weight excluding hydrogens is 980 g/mol. The van der Waals surface area contributed by atoms with Crippen LogP contribution in [0.1, 0.15) is 39.5 Å². The van der Waals surface area contributed by atoms with Gasteiger partial charge in [0.25, 0.3) is 0 Å². The standard InChI is InChI=1S/C52H28F15N5/c1-25-68-26(2)70-47(69-25)31-21-44(71-40-9-5-3-7-36(40)38-13-11-27(19-42(38)71)29-15-32(48(53,54)55)23-33(16-29)49(56,57)58)46(52(65,66)67)45(22-31)72-41-10-6-4-8-37(41)39-14-12-28(20-43(39)72)30-17-34(50(59,60)61)24-35(18-30)51(62,63)64/h3-24H,1-2H3. The van der Waals surface area contributed by atoms with Crippen molar-refractivity contribution in [1.29, 1.82) is 0 Å². The molecule has 7 aromatic carbocycles. The lowest BCUT2D eigenvalue weighted by Gasteiger charge is -2.23. The van der Waals surface area contributed by atoms with Crippen molar-refractivity contribution in [3.8, 4) is 45.0 Å². The van der Waals surface area contributed by atoms with Crippen molar-refractivity contribution >= 4 is 43.6 Å². The molecule has 72 heavy (non-hydrogen) atoms. The Labute approximate surface area is 395 Å². The molecule has 0 unspecified atom stereocenters. The molecule has 0 saturated heterocycles. The summed E-state index contributed by atoms with van der Waals surface area (Å²) >= 11 is 0. The number of fused-ring (bicyclic) bond motifs is 6. The number of hydrogen-bond acceptors (Lipinski definition) is 3. The fourth-order valence-corrected chi connectivity index (χ4v) is 9.19. The largest absolute Gasteiger partial charge is 0.420 e. The normalized spacial score (nSPS) is 13.1. The van der Waals surface area contributed by atoms with Gasteiger partial charge in [-0.25, -0.2) is 15.0 Å². The first-order valence-corrected chi connectivity index (χ1v) is 21.3. The van der Waals surface area contributed by atoms with Crippen LogP contribution in [0, 0.1) is 13.8 Å². The topological polar surface area (TPSA) is 48.5 Å². The summed E-state index contributed by atoms with van der Waals surface area (Å²) in [6.45, 7) is 3.01. The maximum atomic E-state index is 16.6. The molecule has 3 aromatic heterocycles. The maximum absolute atomic E-state index is 16.6. The summed E-state index contributed by atoms with van der Waals surface area (Å²) in [7, 11) is 0. The van der Waals surface area contributed by atoms with Crippen molar-refractivity contribution in [2.24, 2.45) is 0 Å². The van der Waals surface area contributed by atoms with Gasteiger partial charge in [0.15, 0.2) is 5.82 Å². The summed E-state index contributed by atoms with van der Waals surface area (Å²) in [6.07, 6.45) is -26.3. The van der Waals surface area contributed by atoms with Crippen molar-refractivity contribution in [2.75, 3.05) is 0 Å². The summed E-state index contributed by atoms with van der Waals surface area (Å²) in [6, 6.07) is 23.9. The molecule has 0 amide bonds. The van der Waals surface area contributed by atoms with E-state index in [1.807, 2.05) is 0 Å². The first-order valence-electron chi connectivity index (χ1n) is 21.3. The lowest BCUT2D eigenvalue weighted by molar-refractivity contribution is -0.144. The van der Waals surface area contributed by atoms with Gasteiger partial charge in [-0.15, -0.1) is 0 Å². The monoisotopic (exact) mass is 1010 g/mol. The molecule has 20 heteroatoms.